The van der Waals surface area contributed by atoms with Crippen LogP contribution in [0.25, 0.3) is 10.9 Å². The van der Waals surface area contributed by atoms with Crippen molar-refractivity contribution in [1.82, 2.24) is 4.98 Å². The minimum absolute atomic E-state index is 0.0262. The number of sulfone groups is 1. The van der Waals surface area contributed by atoms with Crippen molar-refractivity contribution in [2.45, 2.75) is 23.4 Å². The van der Waals surface area contributed by atoms with Crippen LogP contribution in [0.3, 0.4) is 0 Å². The molecule has 1 heterocycles. The minimum atomic E-state index is -4.90. The number of H-pyrrole nitrogens is 1. The van der Waals surface area contributed by atoms with E-state index in [4.69, 9.17) is 21.1 Å². The third-order valence-corrected chi connectivity index (χ3v) is 7.28. The van der Waals surface area contributed by atoms with Crippen LogP contribution in [0.2, 0.25) is 5.02 Å². The van der Waals surface area contributed by atoms with Crippen LogP contribution < -0.4 is 19.5 Å². The Hall–Kier alpha value is -3.61. The number of fused-ring (bicyclic) bond motifs is 1. The van der Waals surface area contributed by atoms with Crippen molar-refractivity contribution in [2.75, 3.05) is 25.8 Å². The topological polar surface area (TPSA) is 110 Å². The maximum Gasteiger partial charge on any atom is 0.573 e. The predicted octanol–water partition coefficient (Wildman–Crippen LogP) is 6.03. The van der Waals surface area contributed by atoms with Gasteiger partial charge in [-0.1, -0.05) is 17.7 Å². The molecule has 1 unspecified atom stereocenters. The van der Waals surface area contributed by atoms with Gasteiger partial charge in [-0.15, -0.1) is 13.2 Å². The maximum absolute atomic E-state index is 12.8. The van der Waals surface area contributed by atoms with Gasteiger partial charge in [-0.05, 0) is 42.5 Å². The van der Waals surface area contributed by atoms with Gasteiger partial charge in [-0.25, -0.2) is 8.42 Å². The normalized spacial score (nSPS) is 13.6. The zero-order valence-electron chi connectivity index (χ0n) is 20.8. The Morgan fingerprint density at radius 2 is 1.72 bits per heavy atom. The van der Waals surface area contributed by atoms with Crippen LogP contribution in [0, 0.1) is 0 Å². The number of hydrogen-bond donors (Lipinski definition) is 3. The summed E-state index contributed by atoms with van der Waals surface area (Å²) in [5, 5.41) is 15.5. The van der Waals surface area contributed by atoms with E-state index in [0.29, 0.717) is 21.9 Å². The van der Waals surface area contributed by atoms with E-state index in [1.807, 2.05) is 0 Å². The Balaban J connectivity index is 1.85. The van der Waals surface area contributed by atoms with Crippen molar-refractivity contribution < 1.29 is 40.9 Å². The van der Waals surface area contributed by atoms with E-state index in [2.05, 4.69) is 15.0 Å². The van der Waals surface area contributed by atoms with Gasteiger partial charge >= 0.3 is 6.36 Å². The van der Waals surface area contributed by atoms with Gasteiger partial charge in [0.15, 0.2) is 9.84 Å². The molecule has 0 spiro atoms. The number of nitrogens with one attached hydrogen (secondary N) is 2. The molecule has 4 rings (SSSR count). The summed E-state index contributed by atoms with van der Waals surface area (Å²) in [6.07, 6.45) is -3.76. The van der Waals surface area contributed by atoms with Crippen molar-refractivity contribution in [3.63, 3.8) is 0 Å². The van der Waals surface area contributed by atoms with Crippen LogP contribution in [0.4, 0.5) is 18.9 Å². The highest BCUT2D eigenvalue weighted by Crippen LogP contribution is 2.41. The molecule has 0 amide bonds. The molecule has 0 aliphatic carbocycles. The first-order valence-corrected chi connectivity index (χ1v) is 13.6. The van der Waals surface area contributed by atoms with Crippen molar-refractivity contribution in [3.05, 3.63) is 76.9 Å². The molecule has 0 aliphatic rings. The second-order valence-electron chi connectivity index (χ2n) is 8.62. The van der Waals surface area contributed by atoms with Gasteiger partial charge in [0.25, 0.3) is 0 Å². The number of aliphatic hydroxyl groups excluding tert-OH is 1. The fourth-order valence-corrected chi connectivity index (χ4v) is 5.01. The quantitative estimate of drug-likeness (QED) is 0.220. The van der Waals surface area contributed by atoms with Gasteiger partial charge in [0.05, 0.1) is 25.2 Å². The molecule has 0 radical (unpaired) electrons. The summed E-state index contributed by atoms with van der Waals surface area (Å²) in [6, 6.07) is 11.7. The largest absolute Gasteiger partial charge is 0.573 e. The number of hydrogen-bond acceptors (Lipinski definition) is 7. The lowest BCUT2D eigenvalue weighted by Crippen LogP contribution is -2.20. The number of ether oxygens (including phenoxy) is 3. The summed E-state index contributed by atoms with van der Waals surface area (Å²) in [5.41, 5.74) is 1.44. The zero-order valence-corrected chi connectivity index (χ0v) is 22.4. The number of aliphatic hydroxyl groups is 1. The lowest BCUT2D eigenvalue weighted by Gasteiger charge is -2.27. The van der Waals surface area contributed by atoms with Crippen LogP contribution in [0.15, 0.2) is 65.7 Å². The highest BCUT2D eigenvalue weighted by molar-refractivity contribution is 7.90. The standard InChI is InChI=1S/C26H24ClF3N2O6S/c1-36-17-9-15(10-18(11-17)39(3,34)35)32-24(19-6-4-14(27)8-23(19)37-2)25(33)21-13-31-22-7-5-16(12-20(21)22)38-26(28,29)30/h4-13,24-25,31-33H,1-3H3/t24-,25?/m0/s1. The van der Waals surface area contributed by atoms with Crippen LogP contribution in [-0.2, 0) is 9.84 Å². The molecule has 4 aromatic rings. The number of benzene rings is 3. The summed E-state index contributed by atoms with van der Waals surface area (Å²) in [6.45, 7) is 0. The highest BCUT2D eigenvalue weighted by atomic mass is 35.5. The van der Waals surface area contributed by atoms with Crippen LogP contribution in [0.1, 0.15) is 23.3 Å². The number of aromatic nitrogens is 1. The molecule has 0 saturated carbocycles. The van der Waals surface area contributed by atoms with Gasteiger partial charge in [0, 0.05) is 51.3 Å². The fraction of sp³-hybridized carbons (Fsp3) is 0.231. The van der Waals surface area contributed by atoms with E-state index in [1.54, 1.807) is 18.2 Å². The summed E-state index contributed by atoms with van der Waals surface area (Å²) < 4.78 is 77.9. The first kappa shape index (κ1) is 28.4. The van der Waals surface area contributed by atoms with Gasteiger partial charge in [-0.3, -0.25) is 0 Å². The molecular weight excluding hydrogens is 561 g/mol. The molecule has 2 atom stereocenters. The predicted molar refractivity (Wildman–Crippen MR) is 140 cm³/mol. The average Bonchev–Trinajstić information content (AvgIpc) is 3.28. The third-order valence-electron chi connectivity index (χ3n) is 5.95. The molecule has 208 valence electrons. The van der Waals surface area contributed by atoms with Crippen molar-refractivity contribution in [2.24, 2.45) is 0 Å². The van der Waals surface area contributed by atoms with Gasteiger partial charge in [0.2, 0.25) is 0 Å². The zero-order chi connectivity index (χ0) is 28.5. The van der Waals surface area contributed by atoms with E-state index in [1.165, 1.54) is 50.7 Å². The smallest absolute Gasteiger partial charge is 0.497 e. The summed E-state index contributed by atoms with van der Waals surface area (Å²) in [7, 11) is -0.828. The number of methoxy groups -OCH3 is 2. The molecule has 1 aromatic heterocycles. The van der Waals surface area contributed by atoms with E-state index in [9.17, 15) is 26.7 Å². The Morgan fingerprint density at radius 1 is 0.974 bits per heavy atom. The number of aromatic amines is 1. The molecule has 3 N–H and O–H groups in total. The number of rotatable bonds is 9. The first-order valence-electron chi connectivity index (χ1n) is 11.3. The monoisotopic (exact) mass is 584 g/mol. The van der Waals surface area contributed by atoms with Crippen LogP contribution >= 0.6 is 11.6 Å². The summed E-state index contributed by atoms with van der Waals surface area (Å²) in [5.74, 6) is 0.103. The number of halogens is 4. The van der Waals surface area contributed by atoms with E-state index in [0.717, 1.165) is 12.3 Å². The summed E-state index contributed by atoms with van der Waals surface area (Å²) in [4.78, 5) is 2.91. The second-order valence-corrected chi connectivity index (χ2v) is 11.1. The van der Waals surface area contributed by atoms with Crippen LogP contribution in [0.5, 0.6) is 17.2 Å². The minimum Gasteiger partial charge on any atom is -0.497 e. The molecule has 39 heavy (non-hydrogen) atoms. The Kier molecular flexibility index (Phi) is 7.92. The van der Waals surface area contributed by atoms with Gasteiger partial charge < -0.3 is 29.6 Å². The van der Waals surface area contributed by atoms with Gasteiger partial charge in [-0.2, -0.15) is 0 Å². The third kappa shape index (κ3) is 6.52. The lowest BCUT2D eigenvalue weighted by molar-refractivity contribution is -0.274. The molecule has 0 aliphatic heterocycles. The molecule has 0 saturated heterocycles. The maximum atomic E-state index is 12.8. The fourth-order valence-electron chi connectivity index (χ4n) is 4.18. The highest BCUT2D eigenvalue weighted by Gasteiger charge is 2.32. The summed E-state index contributed by atoms with van der Waals surface area (Å²) >= 11 is 6.14. The Morgan fingerprint density at radius 3 is 2.36 bits per heavy atom. The van der Waals surface area contributed by atoms with Crippen molar-refractivity contribution >= 4 is 38.0 Å². The van der Waals surface area contributed by atoms with Gasteiger partial charge in [0.1, 0.15) is 23.4 Å². The molecule has 8 nitrogen and oxygen atoms in total. The van der Waals surface area contributed by atoms with E-state index >= 15 is 0 Å². The average molecular weight is 585 g/mol. The molecule has 13 heteroatoms. The molecule has 0 bridgehead atoms. The first-order chi connectivity index (χ1) is 18.3. The second kappa shape index (κ2) is 10.9. The molecular formula is C26H24ClF3N2O6S. The number of anilines is 1. The van der Waals surface area contributed by atoms with Crippen LogP contribution in [-0.4, -0.2) is 45.3 Å². The SMILES string of the molecule is COc1cc(N[C@@H](c2ccc(Cl)cc2OC)C(O)c2c[nH]c3ccc(OC(F)(F)F)cc23)cc(S(C)(=O)=O)c1. The number of alkyl halides is 3. The Labute approximate surface area is 227 Å². The lowest BCUT2D eigenvalue weighted by atomic mass is 9.94. The van der Waals surface area contributed by atoms with E-state index in [-0.39, 0.29) is 27.3 Å². The van der Waals surface area contributed by atoms with Crippen molar-refractivity contribution in [3.8, 4) is 17.2 Å². The van der Waals surface area contributed by atoms with E-state index < -0.39 is 34.1 Å². The Bertz CT molecular complexity index is 1610. The molecule has 3 aromatic carbocycles. The van der Waals surface area contributed by atoms with Crippen molar-refractivity contribution in [1.29, 1.82) is 0 Å². The molecule has 0 fully saturated rings.